The van der Waals surface area contributed by atoms with Crippen molar-refractivity contribution in [1.82, 2.24) is 9.03 Å². The molecule has 1 unspecified atom stereocenters. The van der Waals surface area contributed by atoms with Crippen LogP contribution >= 0.6 is 0 Å². The van der Waals surface area contributed by atoms with E-state index in [0.29, 0.717) is 21.6 Å². The molecule has 11 nitrogen and oxygen atoms in total. The Hall–Kier alpha value is -2.36. The largest absolute Gasteiger partial charge is 0.396 e. The molecule has 208 valence electrons. The van der Waals surface area contributed by atoms with Crippen molar-refractivity contribution in [1.29, 1.82) is 0 Å². The first-order valence-electron chi connectivity index (χ1n) is 12.3. The Bertz CT molecular complexity index is 1600. The van der Waals surface area contributed by atoms with Gasteiger partial charge in [-0.1, -0.05) is 30.3 Å². The molecule has 6 N–H and O–H groups in total. The number of aliphatic hydroxyl groups excluding tert-OH is 4. The monoisotopic (exact) mass is 567 g/mol. The number of hydrogen-bond acceptors (Lipinski definition) is 9. The summed E-state index contributed by atoms with van der Waals surface area (Å²) in [7, 11) is -6.97. The standard InChI is InChI=1S/C25H33N3O8S2/c1-26-21-7-3-17-2-6-20-24-19(5-4-18(21)23(17)24)22(37(33,34)28(10-14-31)11-15-32)16-25(20,8-12-29)38(35,36)27-9-13-30/h2-7,26-27,29-32H,8-16H2,1H3. The van der Waals surface area contributed by atoms with Gasteiger partial charge in [-0.25, -0.2) is 21.6 Å². The molecule has 1 atom stereocenters. The Balaban J connectivity index is 2.21. The molecule has 0 bridgehead atoms. The summed E-state index contributed by atoms with van der Waals surface area (Å²) in [5.74, 6) is 0. The molecule has 0 aliphatic heterocycles. The summed E-state index contributed by atoms with van der Waals surface area (Å²) in [6.45, 7) is -2.86. The van der Waals surface area contributed by atoms with Crippen molar-refractivity contribution in [2.75, 3.05) is 58.4 Å². The van der Waals surface area contributed by atoms with Crippen molar-refractivity contribution >= 4 is 52.2 Å². The molecular weight excluding hydrogens is 534 g/mol. The normalized spacial score (nSPS) is 18.1. The predicted octanol–water partition coefficient (Wildman–Crippen LogP) is -0.629. The molecule has 0 heterocycles. The fraction of sp³-hybridized carbons (Fsp3) is 0.440. The van der Waals surface area contributed by atoms with Gasteiger partial charge in [-0.3, -0.25) is 0 Å². The van der Waals surface area contributed by atoms with Crippen molar-refractivity contribution in [2.45, 2.75) is 17.6 Å². The molecule has 1 aliphatic rings. The van der Waals surface area contributed by atoms with Gasteiger partial charge in [0.1, 0.15) is 4.75 Å². The third-order valence-corrected chi connectivity index (χ3v) is 11.4. The van der Waals surface area contributed by atoms with Gasteiger partial charge in [0.15, 0.2) is 0 Å². The molecule has 0 spiro atoms. The first kappa shape index (κ1) is 28.6. The topological polar surface area (TPSA) is 176 Å². The molecule has 1 aliphatic carbocycles. The molecule has 13 heteroatoms. The first-order chi connectivity index (χ1) is 18.1. The number of benzene rings is 3. The van der Waals surface area contributed by atoms with Gasteiger partial charge < -0.3 is 25.7 Å². The lowest BCUT2D eigenvalue weighted by molar-refractivity contribution is 0.218. The number of anilines is 1. The number of rotatable bonds is 13. The van der Waals surface area contributed by atoms with Gasteiger partial charge in [-0.15, -0.1) is 0 Å². The van der Waals surface area contributed by atoms with Gasteiger partial charge in [0, 0.05) is 50.8 Å². The minimum absolute atomic E-state index is 0.181. The van der Waals surface area contributed by atoms with Crippen LogP contribution in [0.2, 0.25) is 0 Å². The second-order valence-corrected chi connectivity index (χ2v) is 13.2. The highest BCUT2D eigenvalue weighted by molar-refractivity contribution is 7.98. The number of aliphatic hydroxyl groups is 4. The van der Waals surface area contributed by atoms with E-state index in [0.717, 1.165) is 20.8 Å². The zero-order valence-corrected chi connectivity index (χ0v) is 22.6. The van der Waals surface area contributed by atoms with Crippen molar-refractivity contribution in [3.8, 4) is 0 Å². The molecule has 38 heavy (non-hydrogen) atoms. The third-order valence-electron chi connectivity index (χ3n) is 7.20. The van der Waals surface area contributed by atoms with Crippen LogP contribution < -0.4 is 15.3 Å². The van der Waals surface area contributed by atoms with E-state index in [4.69, 9.17) is 0 Å². The van der Waals surface area contributed by atoms with Crippen molar-refractivity contribution in [2.24, 2.45) is 0 Å². The average molecular weight is 568 g/mol. The fourth-order valence-corrected chi connectivity index (χ4v) is 9.20. The smallest absolute Gasteiger partial charge is 0.240 e. The zero-order valence-electron chi connectivity index (χ0n) is 21.0. The number of sulfonamides is 2. The molecule has 0 saturated carbocycles. The Labute approximate surface area is 221 Å². The third kappa shape index (κ3) is 4.46. The lowest BCUT2D eigenvalue weighted by Gasteiger charge is -2.39. The molecule has 0 fully saturated rings. The molecule has 3 aromatic carbocycles. The van der Waals surface area contributed by atoms with Crippen molar-refractivity contribution < 1.29 is 37.3 Å². The second kappa shape index (κ2) is 11.0. The van der Waals surface area contributed by atoms with Crippen LogP contribution in [0, 0.1) is 0 Å². The van der Waals surface area contributed by atoms with Gasteiger partial charge in [-0.05, 0) is 39.4 Å². The summed E-state index contributed by atoms with van der Waals surface area (Å²) in [6, 6.07) is 10.6. The van der Waals surface area contributed by atoms with E-state index in [1.807, 2.05) is 12.1 Å². The van der Waals surface area contributed by atoms with E-state index < -0.39 is 57.6 Å². The Morgan fingerprint density at radius 1 is 0.868 bits per heavy atom. The van der Waals surface area contributed by atoms with Gasteiger partial charge in [0.25, 0.3) is 0 Å². The minimum Gasteiger partial charge on any atom is -0.396 e. The minimum atomic E-state index is -4.37. The van der Waals surface area contributed by atoms with Crippen LogP contribution in [0.5, 0.6) is 0 Å². The van der Waals surface area contributed by atoms with Crippen LogP contribution in [-0.4, -0.2) is 94.7 Å². The van der Waals surface area contributed by atoms with Crippen LogP contribution in [0.4, 0.5) is 5.69 Å². The Kier molecular flexibility index (Phi) is 8.31. The molecule has 4 rings (SSSR count). The highest BCUT2D eigenvalue weighted by atomic mass is 32.2. The SMILES string of the molecule is CNc1ccc2ccc3c4c(ccc1c24)=C(S(=O)(=O)N(CCO)CCO)CC3(CCO)S(=O)(=O)NCCO. The van der Waals surface area contributed by atoms with Crippen LogP contribution in [0.25, 0.3) is 26.5 Å². The molecule has 0 amide bonds. The molecule has 3 aromatic rings. The van der Waals surface area contributed by atoms with Crippen LogP contribution in [-0.2, 0) is 24.8 Å². The maximum absolute atomic E-state index is 14.0. The number of hydrogen-bond donors (Lipinski definition) is 6. The summed E-state index contributed by atoms with van der Waals surface area (Å²) in [5.41, 5.74) is 1.13. The molecule has 0 aromatic heterocycles. The zero-order chi connectivity index (χ0) is 27.7. The van der Waals surface area contributed by atoms with Crippen LogP contribution in [0.1, 0.15) is 18.4 Å². The van der Waals surface area contributed by atoms with E-state index >= 15 is 0 Å². The summed E-state index contributed by atoms with van der Waals surface area (Å²) in [6.07, 6.45) is -0.785. The molecule has 0 saturated heterocycles. The summed E-state index contributed by atoms with van der Waals surface area (Å²) in [4.78, 5) is -0.181. The Morgan fingerprint density at radius 3 is 2.16 bits per heavy atom. The van der Waals surface area contributed by atoms with Gasteiger partial charge in [0.2, 0.25) is 20.0 Å². The van der Waals surface area contributed by atoms with Crippen molar-refractivity contribution in [3.63, 3.8) is 0 Å². The summed E-state index contributed by atoms with van der Waals surface area (Å²) < 4.78 is 57.3. The van der Waals surface area contributed by atoms with E-state index in [1.54, 1.807) is 31.3 Å². The number of nitrogens with one attached hydrogen (secondary N) is 2. The highest BCUT2D eigenvalue weighted by Gasteiger charge is 2.51. The van der Waals surface area contributed by atoms with Crippen molar-refractivity contribution in [3.05, 3.63) is 47.2 Å². The van der Waals surface area contributed by atoms with E-state index in [9.17, 15) is 37.3 Å². The summed E-state index contributed by atoms with van der Waals surface area (Å²) in [5, 5.41) is 44.6. The predicted molar refractivity (Wildman–Crippen MR) is 146 cm³/mol. The van der Waals surface area contributed by atoms with E-state index in [-0.39, 0.29) is 31.0 Å². The maximum Gasteiger partial charge on any atom is 0.240 e. The average Bonchev–Trinajstić information content (AvgIpc) is 2.90. The number of nitrogens with zero attached hydrogens (tertiary/aromatic N) is 1. The van der Waals surface area contributed by atoms with E-state index in [1.165, 1.54) is 0 Å². The van der Waals surface area contributed by atoms with Gasteiger partial charge >= 0.3 is 0 Å². The van der Waals surface area contributed by atoms with E-state index in [2.05, 4.69) is 10.0 Å². The maximum atomic E-state index is 14.0. The Morgan fingerprint density at radius 2 is 1.55 bits per heavy atom. The lowest BCUT2D eigenvalue weighted by Crippen LogP contribution is -2.50. The van der Waals surface area contributed by atoms with Crippen LogP contribution in [0.3, 0.4) is 0 Å². The highest BCUT2D eigenvalue weighted by Crippen LogP contribution is 2.48. The molecular formula is C25H33N3O8S2. The lowest BCUT2D eigenvalue weighted by atomic mass is 9.81. The van der Waals surface area contributed by atoms with Gasteiger partial charge in [-0.2, -0.15) is 4.31 Å². The first-order valence-corrected chi connectivity index (χ1v) is 15.2. The molecule has 0 radical (unpaired) electrons. The van der Waals surface area contributed by atoms with Crippen LogP contribution in [0.15, 0.2) is 36.4 Å². The van der Waals surface area contributed by atoms with Gasteiger partial charge in [0.05, 0.1) is 24.7 Å². The quantitative estimate of drug-likeness (QED) is 0.157. The second-order valence-electron chi connectivity index (χ2n) is 9.15. The fourth-order valence-electron chi connectivity index (χ4n) is 5.49. The summed E-state index contributed by atoms with van der Waals surface area (Å²) >= 11 is 0.